The average Bonchev–Trinajstić information content (AvgIpc) is 3.45. The third-order valence-corrected chi connectivity index (χ3v) is 5.88. The van der Waals surface area contributed by atoms with Crippen LogP contribution in [0.15, 0.2) is 58.3 Å². The first-order valence-corrected chi connectivity index (χ1v) is 9.51. The highest BCUT2D eigenvalue weighted by Crippen LogP contribution is 2.47. The molecule has 1 heterocycles. The van der Waals surface area contributed by atoms with Crippen LogP contribution in [-0.4, -0.2) is 30.0 Å². The van der Waals surface area contributed by atoms with E-state index in [0.717, 1.165) is 13.0 Å². The summed E-state index contributed by atoms with van der Waals surface area (Å²) in [6.07, 6.45) is 1.14. The Kier molecular flexibility index (Phi) is 4.55. The van der Waals surface area contributed by atoms with Crippen LogP contribution < -0.4 is 10.2 Å². The molecular weight excluding hydrogens is 350 g/mol. The van der Waals surface area contributed by atoms with E-state index in [1.807, 2.05) is 24.3 Å². The van der Waals surface area contributed by atoms with E-state index >= 15 is 0 Å². The van der Waals surface area contributed by atoms with Crippen LogP contribution in [0.2, 0.25) is 0 Å². The molecule has 0 spiro atoms. The van der Waals surface area contributed by atoms with Gasteiger partial charge in [0.1, 0.15) is 5.92 Å². The zero-order valence-corrected chi connectivity index (χ0v) is 14.9. The molecule has 1 fully saturated rings. The molecule has 7 heteroatoms. The Bertz CT molecular complexity index is 812. The Labute approximate surface area is 155 Å². The predicted molar refractivity (Wildman–Crippen MR) is 101 cm³/mol. The third-order valence-electron chi connectivity index (χ3n) is 4.75. The molecule has 2 unspecified atom stereocenters. The van der Waals surface area contributed by atoms with Crippen LogP contribution in [0, 0.1) is 16.0 Å². The number of nitrogens with zero attached hydrogens (tertiary/aromatic N) is 2. The van der Waals surface area contributed by atoms with E-state index in [-0.39, 0.29) is 10.8 Å². The Balaban J connectivity index is 1.38. The molecule has 6 nitrogen and oxygen atoms in total. The predicted octanol–water partition coefficient (Wildman–Crippen LogP) is 3.46. The molecule has 4 rings (SSSR count). The fourth-order valence-corrected chi connectivity index (χ4v) is 4.39. The number of hydrogen-bond donors (Lipinski definition) is 1. The van der Waals surface area contributed by atoms with Crippen molar-refractivity contribution >= 4 is 29.0 Å². The van der Waals surface area contributed by atoms with Crippen LogP contribution in [0.1, 0.15) is 12.8 Å². The van der Waals surface area contributed by atoms with Gasteiger partial charge in [0.25, 0.3) is 0 Å². The second-order valence-corrected chi connectivity index (χ2v) is 7.61. The van der Waals surface area contributed by atoms with E-state index in [9.17, 15) is 14.9 Å². The van der Waals surface area contributed by atoms with E-state index < -0.39 is 12.0 Å². The summed E-state index contributed by atoms with van der Waals surface area (Å²) >= 11 is 1.77. The molecule has 0 aromatic heterocycles. The van der Waals surface area contributed by atoms with Gasteiger partial charge in [0.2, 0.25) is 11.9 Å². The molecule has 2 aromatic carbocycles. The number of rotatable bonds is 6. The highest BCUT2D eigenvalue weighted by molar-refractivity contribution is 7.99. The Morgan fingerprint density at radius 3 is 2.35 bits per heavy atom. The number of para-hydroxylation sites is 2. The molecule has 1 N–H and O–H groups in total. The largest absolute Gasteiger partial charge is 0.356 e. The van der Waals surface area contributed by atoms with E-state index in [0.29, 0.717) is 13.0 Å². The molecule has 0 saturated heterocycles. The number of nitro groups is 1. The van der Waals surface area contributed by atoms with E-state index in [1.165, 1.54) is 21.2 Å². The highest BCUT2D eigenvalue weighted by Gasteiger charge is 2.53. The molecule has 26 heavy (non-hydrogen) atoms. The first-order chi connectivity index (χ1) is 12.6. The lowest BCUT2D eigenvalue weighted by atomic mass is 10.2. The van der Waals surface area contributed by atoms with Crippen molar-refractivity contribution < 1.29 is 9.72 Å². The highest BCUT2D eigenvalue weighted by atomic mass is 32.2. The van der Waals surface area contributed by atoms with Gasteiger partial charge in [-0.1, -0.05) is 36.0 Å². The standard InChI is InChI=1S/C19H19N3O3S/c23-19(13-12-16(13)22(24)25)20-10-5-11-21-14-6-1-3-8-17(14)26-18-9-4-2-7-15(18)21/h1-4,6-9,13,16H,5,10-12H2,(H,20,23). The first kappa shape index (κ1) is 16.9. The van der Waals surface area contributed by atoms with E-state index in [1.54, 1.807) is 11.8 Å². The smallest absolute Gasteiger partial charge is 0.230 e. The Hall–Kier alpha value is -2.54. The van der Waals surface area contributed by atoms with Gasteiger partial charge in [0.15, 0.2) is 0 Å². The average molecular weight is 369 g/mol. The van der Waals surface area contributed by atoms with Gasteiger partial charge in [0, 0.05) is 34.2 Å². The van der Waals surface area contributed by atoms with Crippen molar-refractivity contribution in [2.45, 2.75) is 28.7 Å². The van der Waals surface area contributed by atoms with Gasteiger partial charge in [-0.15, -0.1) is 0 Å². The second-order valence-electron chi connectivity index (χ2n) is 6.53. The minimum Gasteiger partial charge on any atom is -0.356 e. The normalized spacial score (nSPS) is 20.1. The number of fused-ring (bicyclic) bond motifs is 2. The van der Waals surface area contributed by atoms with Crippen molar-refractivity contribution in [1.29, 1.82) is 0 Å². The topological polar surface area (TPSA) is 75.5 Å². The van der Waals surface area contributed by atoms with Gasteiger partial charge in [-0.3, -0.25) is 14.9 Å². The quantitative estimate of drug-likeness (QED) is 0.479. The number of carbonyl (C=O) groups excluding carboxylic acids is 1. The molecule has 2 atom stereocenters. The molecule has 0 bridgehead atoms. The molecule has 1 amide bonds. The van der Waals surface area contributed by atoms with Crippen LogP contribution in [-0.2, 0) is 4.79 Å². The summed E-state index contributed by atoms with van der Waals surface area (Å²) in [6, 6.07) is 15.9. The fourth-order valence-electron chi connectivity index (χ4n) is 3.30. The van der Waals surface area contributed by atoms with Gasteiger partial charge in [-0.2, -0.15) is 0 Å². The van der Waals surface area contributed by atoms with Gasteiger partial charge in [-0.25, -0.2) is 0 Å². The van der Waals surface area contributed by atoms with Crippen LogP contribution in [0.5, 0.6) is 0 Å². The van der Waals surface area contributed by atoms with Crippen molar-refractivity contribution in [1.82, 2.24) is 5.32 Å². The summed E-state index contributed by atoms with van der Waals surface area (Å²) < 4.78 is 0. The Morgan fingerprint density at radius 2 is 1.77 bits per heavy atom. The summed E-state index contributed by atoms with van der Waals surface area (Å²) in [4.78, 5) is 27.0. The van der Waals surface area contributed by atoms with Crippen LogP contribution in [0.4, 0.5) is 11.4 Å². The maximum absolute atomic E-state index is 11.9. The minimum absolute atomic E-state index is 0.193. The van der Waals surface area contributed by atoms with Crippen molar-refractivity contribution in [2.24, 2.45) is 5.92 Å². The number of hydrogen-bond acceptors (Lipinski definition) is 5. The van der Waals surface area contributed by atoms with Crippen molar-refractivity contribution in [2.75, 3.05) is 18.0 Å². The summed E-state index contributed by atoms with van der Waals surface area (Å²) in [6.45, 7) is 1.30. The second kappa shape index (κ2) is 6.99. The maximum atomic E-state index is 11.9. The third kappa shape index (κ3) is 3.26. The molecule has 1 aliphatic heterocycles. The zero-order chi connectivity index (χ0) is 18.1. The van der Waals surface area contributed by atoms with E-state index in [2.05, 4.69) is 34.5 Å². The van der Waals surface area contributed by atoms with Crippen molar-refractivity contribution in [3.63, 3.8) is 0 Å². The number of nitrogens with one attached hydrogen (secondary N) is 1. The minimum atomic E-state index is -0.687. The number of anilines is 2. The number of carbonyl (C=O) groups is 1. The van der Waals surface area contributed by atoms with Gasteiger partial charge >= 0.3 is 0 Å². The molecule has 0 radical (unpaired) electrons. The van der Waals surface area contributed by atoms with E-state index in [4.69, 9.17) is 0 Å². The summed E-state index contributed by atoms with van der Waals surface area (Å²) in [5.74, 6) is -0.639. The maximum Gasteiger partial charge on any atom is 0.230 e. The van der Waals surface area contributed by atoms with Gasteiger partial charge in [-0.05, 0) is 30.7 Å². The monoisotopic (exact) mass is 369 g/mol. The number of benzene rings is 2. The molecule has 134 valence electrons. The molecule has 2 aliphatic rings. The van der Waals surface area contributed by atoms with Crippen molar-refractivity contribution in [3.05, 3.63) is 58.6 Å². The van der Waals surface area contributed by atoms with Crippen molar-refractivity contribution in [3.8, 4) is 0 Å². The number of amides is 1. The first-order valence-electron chi connectivity index (χ1n) is 8.70. The summed E-state index contributed by atoms with van der Waals surface area (Å²) in [5, 5.41) is 13.5. The lowest BCUT2D eigenvalue weighted by molar-refractivity contribution is -0.497. The SMILES string of the molecule is O=C(NCCCN1c2ccccc2Sc2ccccc21)C1CC1[N+](=O)[O-]. The van der Waals surface area contributed by atoms with Crippen LogP contribution in [0.3, 0.4) is 0 Å². The summed E-state index contributed by atoms with van der Waals surface area (Å²) in [7, 11) is 0. The molecule has 1 aliphatic carbocycles. The van der Waals surface area contributed by atoms with Gasteiger partial charge < -0.3 is 10.2 Å². The van der Waals surface area contributed by atoms with Crippen LogP contribution in [0.25, 0.3) is 0 Å². The van der Waals surface area contributed by atoms with Crippen LogP contribution >= 0.6 is 11.8 Å². The molecule has 2 aromatic rings. The molecule has 1 saturated carbocycles. The lowest BCUT2D eigenvalue weighted by Crippen LogP contribution is -2.31. The summed E-state index contributed by atoms with van der Waals surface area (Å²) in [5.41, 5.74) is 2.36. The lowest BCUT2D eigenvalue weighted by Gasteiger charge is -2.32. The van der Waals surface area contributed by atoms with Gasteiger partial charge in [0.05, 0.1) is 11.4 Å². The Morgan fingerprint density at radius 1 is 1.15 bits per heavy atom. The fraction of sp³-hybridized carbons (Fsp3) is 0.316. The zero-order valence-electron chi connectivity index (χ0n) is 14.1. The molecular formula is C19H19N3O3S.